The molecule has 1 fully saturated rings. The third-order valence-electron chi connectivity index (χ3n) is 5.40. The molecule has 2 N–H and O–H groups in total. The summed E-state index contributed by atoms with van der Waals surface area (Å²) in [6.07, 6.45) is 2.75. The number of hydrogen-bond donors (Lipinski definition) is 2. The Labute approximate surface area is 217 Å². The lowest BCUT2D eigenvalue weighted by Gasteiger charge is -2.25. The zero-order valence-electron chi connectivity index (χ0n) is 19.5. The van der Waals surface area contributed by atoms with E-state index in [1.165, 1.54) is 40.3 Å². The van der Waals surface area contributed by atoms with Crippen molar-refractivity contribution >= 4 is 55.8 Å². The first-order valence-corrected chi connectivity index (χ1v) is 14.4. The SMILES string of the molecule is COc1ccc(NC(=O)CSc2nnc(NC(=O)c3ccc(S(=O)(=O)N4CCCCC4)cc3)s2)cc1. The Balaban J connectivity index is 1.28. The van der Waals surface area contributed by atoms with Crippen LogP contribution in [0.15, 0.2) is 57.8 Å². The number of nitrogens with zero attached hydrogens (tertiary/aromatic N) is 3. The molecule has 13 heteroatoms. The topological polar surface area (TPSA) is 131 Å². The average molecular weight is 548 g/mol. The molecule has 1 aliphatic rings. The summed E-state index contributed by atoms with van der Waals surface area (Å²) in [5.74, 6) is 0.193. The molecule has 0 bridgehead atoms. The van der Waals surface area contributed by atoms with Gasteiger partial charge < -0.3 is 10.1 Å². The molecule has 4 rings (SSSR count). The summed E-state index contributed by atoms with van der Waals surface area (Å²) in [5, 5.41) is 13.7. The van der Waals surface area contributed by atoms with E-state index < -0.39 is 15.9 Å². The molecule has 10 nitrogen and oxygen atoms in total. The Bertz CT molecular complexity index is 1300. The molecule has 0 saturated carbocycles. The van der Waals surface area contributed by atoms with Crippen molar-refractivity contribution < 1.29 is 22.7 Å². The zero-order chi connectivity index (χ0) is 25.5. The number of amides is 2. The standard InChI is InChI=1S/C23H25N5O5S3/c1-33-18-9-7-17(8-10-18)24-20(29)15-34-23-27-26-22(35-23)25-21(30)16-5-11-19(12-6-16)36(31,32)28-13-3-2-4-14-28/h5-12H,2-4,13-15H2,1H3,(H,24,29)(H,25,26,30). The largest absolute Gasteiger partial charge is 0.497 e. The molecule has 0 radical (unpaired) electrons. The third-order valence-corrected chi connectivity index (χ3v) is 9.28. The molecule has 1 aliphatic heterocycles. The van der Waals surface area contributed by atoms with Gasteiger partial charge in [0, 0.05) is 24.3 Å². The van der Waals surface area contributed by atoms with Crippen LogP contribution in [0.4, 0.5) is 10.8 Å². The second-order valence-corrected chi connectivity index (χ2v) is 12.0. The van der Waals surface area contributed by atoms with Crippen molar-refractivity contribution in [3.8, 4) is 5.75 Å². The van der Waals surface area contributed by atoms with Crippen LogP contribution in [0.5, 0.6) is 5.75 Å². The first-order chi connectivity index (χ1) is 17.3. The van der Waals surface area contributed by atoms with Gasteiger partial charge in [-0.05, 0) is 61.4 Å². The van der Waals surface area contributed by atoms with Gasteiger partial charge in [-0.2, -0.15) is 4.31 Å². The number of methoxy groups -OCH3 is 1. The molecule has 0 atom stereocenters. The van der Waals surface area contributed by atoms with Crippen LogP contribution in [0.1, 0.15) is 29.6 Å². The van der Waals surface area contributed by atoms with Crippen molar-refractivity contribution in [2.24, 2.45) is 0 Å². The van der Waals surface area contributed by atoms with Crippen molar-refractivity contribution in [2.75, 3.05) is 36.6 Å². The molecule has 2 aromatic carbocycles. The lowest BCUT2D eigenvalue weighted by atomic mass is 10.2. The van der Waals surface area contributed by atoms with E-state index in [1.807, 2.05) is 0 Å². The molecular formula is C23H25N5O5S3. The maximum absolute atomic E-state index is 12.8. The van der Waals surface area contributed by atoms with Crippen LogP contribution in [0.2, 0.25) is 0 Å². The maximum Gasteiger partial charge on any atom is 0.257 e. The number of carbonyl (C=O) groups excluding carboxylic acids is 2. The van der Waals surface area contributed by atoms with E-state index >= 15 is 0 Å². The van der Waals surface area contributed by atoms with Crippen molar-refractivity contribution in [1.82, 2.24) is 14.5 Å². The number of carbonyl (C=O) groups is 2. The first kappa shape index (κ1) is 26.1. The van der Waals surface area contributed by atoms with Crippen LogP contribution in [0.25, 0.3) is 0 Å². The van der Waals surface area contributed by atoms with Crippen molar-refractivity contribution in [2.45, 2.75) is 28.5 Å². The molecule has 36 heavy (non-hydrogen) atoms. The normalized spacial score (nSPS) is 14.2. The van der Waals surface area contributed by atoms with E-state index in [0.29, 0.717) is 34.4 Å². The first-order valence-electron chi connectivity index (χ1n) is 11.2. The Hall–Kier alpha value is -3.00. The second-order valence-electron chi connectivity index (χ2n) is 7.88. The van der Waals surface area contributed by atoms with E-state index in [2.05, 4.69) is 20.8 Å². The smallest absolute Gasteiger partial charge is 0.257 e. The monoisotopic (exact) mass is 547 g/mol. The van der Waals surface area contributed by atoms with E-state index in [0.717, 1.165) is 30.6 Å². The van der Waals surface area contributed by atoms with Crippen LogP contribution >= 0.6 is 23.1 Å². The van der Waals surface area contributed by atoms with Gasteiger partial charge in [0.05, 0.1) is 17.8 Å². The van der Waals surface area contributed by atoms with Gasteiger partial charge >= 0.3 is 0 Å². The second kappa shape index (κ2) is 11.8. The fourth-order valence-electron chi connectivity index (χ4n) is 3.52. The molecule has 0 aliphatic carbocycles. The third kappa shape index (κ3) is 6.60. The molecule has 3 aromatic rings. The van der Waals surface area contributed by atoms with Crippen LogP contribution in [0, 0.1) is 0 Å². The summed E-state index contributed by atoms with van der Waals surface area (Å²) in [6, 6.07) is 12.8. The van der Waals surface area contributed by atoms with Gasteiger partial charge in [-0.1, -0.05) is 29.5 Å². The maximum atomic E-state index is 12.8. The molecule has 1 aromatic heterocycles. The Morgan fingerprint density at radius 1 is 1.00 bits per heavy atom. The van der Waals surface area contributed by atoms with E-state index in [1.54, 1.807) is 31.4 Å². The van der Waals surface area contributed by atoms with E-state index in [-0.39, 0.29) is 21.7 Å². The van der Waals surface area contributed by atoms with Gasteiger partial charge in [0.25, 0.3) is 5.91 Å². The minimum Gasteiger partial charge on any atom is -0.497 e. The summed E-state index contributed by atoms with van der Waals surface area (Å²) >= 11 is 2.35. The minimum atomic E-state index is -3.56. The average Bonchev–Trinajstić information content (AvgIpc) is 3.35. The highest BCUT2D eigenvalue weighted by Gasteiger charge is 2.26. The highest BCUT2D eigenvalue weighted by molar-refractivity contribution is 8.01. The van der Waals surface area contributed by atoms with Gasteiger partial charge in [0.15, 0.2) is 4.34 Å². The summed E-state index contributed by atoms with van der Waals surface area (Å²) in [7, 11) is -1.98. The van der Waals surface area contributed by atoms with Gasteiger partial charge in [-0.15, -0.1) is 10.2 Å². The number of nitrogens with one attached hydrogen (secondary N) is 2. The number of piperidine rings is 1. The molecule has 0 unspecified atom stereocenters. The Morgan fingerprint density at radius 3 is 2.36 bits per heavy atom. The number of aromatic nitrogens is 2. The summed E-state index contributed by atoms with van der Waals surface area (Å²) in [5.41, 5.74) is 0.956. The van der Waals surface area contributed by atoms with E-state index in [4.69, 9.17) is 4.74 Å². The number of sulfonamides is 1. The molecule has 190 valence electrons. The molecule has 0 spiro atoms. The number of thioether (sulfide) groups is 1. The zero-order valence-corrected chi connectivity index (χ0v) is 21.9. The number of hydrogen-bond acceptors (Lipinski definition) is 9. The number of ether oxygens (including phenoxy) is 1. The number of anilines is 2. The Kier molecular flexibility index (Phi) is 8.56. The molecule has 2 heterocycles. The summed E-state index contributed by atoms with van der Waals surface area (Å²) in [4.78, 5) is 24.9. The van der Waals surface area contributed by atoms with Crippen LogP contribution < -0.4 is 15.4 Å². The fourth-order valence-corrected chi connectivity index (χ4v) is 6.58. The lowest BCUT2D eigenvalue weighted by Crippen LogP contribution is -2.35. The highest BCUT2D eigenvalue weighted by atomic mass is 32.2. The van der Waals surface area contributed by atoms with Crippen LogP contribution in [0.3, 0.4) is 0 Å². The van der Waals surface area contributed by atoms with E-state index in [9.17, 15) is 18.0 Å². The van der Waals surface area contributed by atoms with Gasteiger partial charge in [-0.25, -0.2) is 8.42 Å². The van der Waals surface area contributed by atoms with Crippen molar-refractivity contribution in [3.05, 3.63) is 54.1 Å². The Morgan fingerprint density at radius 2 is 1.69 bits per heavy atom. The summed E-state index contributed by atoms with van der Waals surface area (Å²) in [6.45, 7) is 1.04. The predicted molar refractivity (Wildman–Crippen MR) is 139 cm³/mol. The number of benzene rings is 2. The van der Waals surface area contributed by atoms with Crippen LogP contribution in [-0.2, 0) is 14.8 Å². The molecular weight excluding hydrogens is 522 g/mol. The predicted octanol–water partition coefficient (Wildman–Crippen LogP) is 3.70. The van der Waals surface area contributed by atoms with Crippen molar-refractivity contribution in [1.29, 1.82) is 0 Å². The molecule has 1 saturated heterocycles. The van der Waals surface area contributed by atoms with Gasteiger partial charge in [0.2, 0.25) is 21.1 Å². The fraction of sp³-hybridized carbons (Fsp3) is 0.304. The highest BCUT2D eigenvalue weighted by Crippen LogP contribution is 2.26. The van der Waals surface area contributed by atoms with Crippen LogP contribution in [-0.4, -0.2) is 60.7 Å². The van der Waals surface area contributed by atoms with Crippen molar-refractivity contribution in [3.63, 3.8) is 0 Å². The van der Waals surface area contributed by atoms with Gasteiger partial charge in [0.1, 0.15) is 5.75 Å². The molecule has 2 amide bonds. The summed E-state index contributed by atoms with van der Waals surface area (Å²) < 4.78 is 32.7. The van der Waals surface area contributed by atoms with Gasteiger partial charge in [-0.3, -0.25) is 14.9 Å². The number of rotatable bonds is 9. The lowest BCUT2D eigenvalue weighted by molar-refractivity contribution is -0.113. The minimum absolute atomic E-state index is 0.127. The quantitative estimate of drug-likeness (QED) is 0.306.